The van der Waals surface area contributed by atoms with Crippen LogP contribution in [0.25, 0.3) is 0 Å². The van der Waals surface area contributed by atoms with Crippen LogP contribution in [0.2, 0.25) is 0 Å². The minimum atomic E-state index is -3.30. The van der Waals surface area contributed by atoms with Gasteiger partial charge in [-0.1, -0.05) is 18.2 Å². The van der Waals surface area contributed by atoms with E-state index in [0.717, 1.165) is 5.01 Å². The number of sulfone groups is 1. The van der Waals surface area contributed by atoms with E-state index in [0.29, 0.717) is 23.6 Å². The minimum Gasteiger partial charge on any atom is -0.330 e. The van der Waals surface area contributed by atoms with Crippen molar-refractivity contribution in [2.24, 2.45) is 5.73 Å². The Hall–Kier alpha value is -1.24. The normalized spacial score (nSPS) is 11.6. The van der Waals surface area contributed by atoms with E-state index in [2.05, 4.69) is 4.98 Å². The maximum absolute atomic E-state index is 12.1. The average Bonchev–Trinajstić information content (AvgIpc) is 2.77. The predicted molar refractivity (Wildman–Crippen MR) is 72.2 cm³/mol. The van der Waals surface area contributed by atoms with Crippen LogP contribution in [-0.2, 0) is 22.0 Å². The average molecular weight is 282 g/mol. The van der Waals surface area contributed by atoms with Crippen molar-refractivity contribution in [3.05, 3.63) is 46.4 Å². The van der Waals surface area contributed by atoms with Crippen LogP contribution in [0.4, 0.5) is 0 Å². The molecule has 6 heteroatoms. The zero-order chi connectivity index (χ0) is 13.0. The molecule has 18 heavy (non-hydrogen) atoms. The summed E-state index contributed by atoms with van der Waals surface area (Å²) in [4.78, 5) is 4.60. The lowest BCUT2D eigenvalue weighted by molar-refractivity contribution is 0.594. The lowest BCUT2D eigenvalue weighted by atomic mass is 10.4. The molecule has 0 aliphatic heterocycles. The molecule has 0 bridgehead atoms. The van der Waals surface area contributed by atoms with Crippen molar-refractivity contribution < 1.29 is 8.42 Å². The molecular weight excluding hydrogens is 268 g/mol. The molecule has 2 rings (SSSR count). The van der Waals surface area contributed by atoms with Crippen LogP contribution in [0.3, 0.4) is 0 Å². The molecule has 0 unspecified atom stereocenters. The van der Waals surface area contributed by atoms with E-state index in [4.69, 9.17) is 5.73 Å². The molecule has 96 valence electrons. The first-order valence-electron chi connectivity index (χ1n) is 5.53. The Balaban J connectivity index is 2.17. The monoisotopic (exact) mass is 282 g/mol. The highest BCUT2D eigenvalue weighted by Gasteiger charge is 2.16. The Kier molecular flexibility index (Phi) is 4.11. The largest absolute Gasteiger partial charge is 0.330 e. The van der Waals surface area contributed by atoms with Crippen LogP contribution in [0.15, 0.2) is 40.6 Å². The van der Waals surface area contributed by atoms with Crippen LogP contribution in [0.1, 0.15) is 10.7 Å². The third-order valence-electron chi connectivity index (χ3n) is 2.40. The molecule has 0 aliphatic rings. The molecule has 0 atom stereocenters. The van der Waals surface area contributed by atoms with Gasteiger partial charge in [0.05, 0.1) is 21.3 Å². The van der Waals surface area contributed by atoms with Gasteiger partial charge in [-0.25, -0.2) is 13.4 Å². The maximum atomic E-state index is 12.1. The Morgan fingerprint density at radius 1 is 1.22 bits per heavy atom. The summed E-state index contributed by atoms with van der Waals surface area (Å²) in [6, 6.07) is 8.42. The number of hydrogen-bond donors (Lipinski definition) is 1. The van der Waals surface area contributed by atoms with E-state index in [9.17, 15) is 8.42 Å². The van der Waals surface area contributed by atoms with Crippen LogP contribution in [-0.4, -0.2) is 19.9 Å². The predicted octanol–water partition coefficient (Wildman–Crippen LogP) is 1.62. The van der Waals surface area contributed by atoms with Crippen LogP contribution in [0, 0.1) is 0 Å². The third kappa shape index (κ3) is 3.16. The number of nitrogens with two attached hydrogens (primary N) is 1. The van der Waals surface area contributed by atoms with Crippen LogP contribution in [0.5, 0.6) is 0 Å². The van der Waals surface area contributed by atoms with Crippen molar-refractivity contribution in [2.75, 3.05) is 6.54 Å². The van der Waals surface area contributed by atoms with Gasteiger partial charge in [0.1, 0.15) is 0 Å². The number of hydrogen-bond acceptors (Lipinski definition) is 5. The second kappa shape index (κ2) is 5.60. The summed E-state index contributed by atoms with van der Waals surface area (Å²) in [5, 5.41) is 2.67. The molecule has 1 aromatic carbocycles. The number of thiazole rings is 1. The first kappa shape index (κ1) is 13.2. The topological polar surface area (TPSA) is 73.0 Å². The zero-order valence-corrected chi connectivity index (χ0v) is 11.4. The first-order chi connectivity index (χ1) is 8.62. The fourth-order valence-corrected chi connectivity index (χ4v) is 3.75. The highest BCUT2D eigenvalue weighted by Crippen LogP contribution is 2.18. The van der Waals surface area contributed by atoms with Crippen molar-refractivity contribution in [2.45, 2.75) is 17.1 Å². The van der Waals surface area contributed by atoms with Gasteiger partial charge in [-0.15, -0.1) is 11.3 Å². The number of benzene rings is 1. The minimum absolute atomic E-state index is 0.0575. The van der Waals surface area contributed by atoms with Gasteiger partial charge in [0.2, 0.25) is 0 Å². The second-order valence-corrected chi connectivity index (χ2v) is 6.78. The molecule has 0 spiro atoms. The van der Waals surface area contributed by atoms with Gasteiger partial charge in [-0.05, 0) is 18.7 Å². The van der Waals surface area contributed by atoms with E-state index >= 15 is 0 Å². The summed E-state index contributed by atoms with van der Waals surface area (Å²) in [6.45, 7) is 0.526. The fourth-order valence-electron chi connectivity index (χ4n) is 1.56. The van der Waals surface area contributed by atoms with Gasteiger partial charge >= 0.3 is 0 Å². The fraction of sp³-hybridized carbons (Fsp3) is 0.250. The SMILES string of the molecule is NCCc1nc(CS(=O)(=O)c2ccccc2)cs1. The van der Waals surface area contributed by atoms with Crippen LogP contribution >= 0.6 is 11.3 Å². The van der Waals surface area contributed by atoms with E-state index in [1.165, 1.54) is 11.3 Å². The van der Waals surface area contributed by atoms with Gasteiger partial charge in [0.15, 0.2) is 9.84 Å². The molecule has 0 saturated heterocycles. The van der Waals surface area contributed by atoms with Crippen molar-refractivity contribution in [1.82, 2.24) is 4.98 Å². The van der Waals surface area contributed by atoms with Gasteiger partial charge in [0, 0.05) is 11.8 Å². The molecule has 2 aromatic rings. The molecule has 0 saturated carbocycles. The zero-order valence-electron chi connectivity index (χ0n) is 9.74. The third-order valence-corrected chi connectivity index (χ3v) is 5.02. The number of aromatic nitrogens is 1. The van der Waals surface area contributed by atoms with E-state index in [1.807, 2.05) is 0 Å². The Labute approximate surface area is 110 Å². The van der Waals surface area contributed by atoms with Crippen molar-refractivity contribution in [1.29, 1.82) is 0 Å². The molecule has 0 fully saturated rings. The summed E-state index contributed by atoms with van der Waals surface area (Å²) in [5.74, 6) is -0.0575. The molecule has 0 amide bonds. The van der Waals surface area contributed by atoms with E-state index < -0.39 is 9.84 Å². The number of nitrogens with zero attached hydrogens (tertiary/aromatic N) is 1. The summed E-state index contributed by atoms with van der Waals surface area (Å²) in [7, 11) is -3.30. The van der Waals surface area contributed by atoms with Crippen molar-refractivity contribution in [3.8, 4) is 0 Å². The lowest BCUT2D eigenvalue weighted by Crippen LogP contribution is -2.06. The Morgan fingerprint density at radius 3 is 2.61 bits per heavy atom. The Morgan fingerprint density at radius 2 is 1.94 bits per heavy atom. The first-order valence-corrected chi connectivity index (χ1v) is 8.06. The summed E-state index contributed by atoms with van der Waals surface area (Å²) >= 11 is 1.45. The molecule has 1 aromatic heterocycles. The highest BCUT2D eigenvalue weighted by atomic mass is 32.2. The summed E-state index contributed by atoms with van der Waals surface area (Å²) in [6.07, 6.45) is 0.691. The lowest BCUT2D eigenvalue weighted by Gasteiger charge is -2.01. The Bertz CT molecular complexity index is 606. The van der Waals surface area contributed by atoms with Crippen molar-refractivity contribution in [3.63, 3.8) is 0 Å². The number of rotatable bonds is 5. The summed E-state index contributed by atoms with van der Waals surface area (Å²) < 4.78 is 24.2. The quantitative estimate of drug-likeness (QED) is 0.904. The second-order valence-electron chi connectivity index (χ2n) is 3.84. The van der Waals surface area contributed by atoms with Crippen LogP contribution < -0.4 is 5.73 Å². The van der Waals surface area contributed by atoms with Gasteiger partial charge in [-0.3, -0.25) is 0 Å². The molecule has 0 radical (unpaired) electrons. The summed E-state index contributed by atoms with van der Waals surface area (Å²) in [5.41, 5.74) is 6.03. The highest BCUT2D eigenvalue weighted by molar-refractivity contribution is 7.90. The molecular formula is C12H14N2O2S2. The van der Waals surface area contributed by atoms with E-state index in [-0.39, 0.29) is 5.75 Å². The van der Waals surface area contributed by atoms with Gasteiger partial charge in [-0.2, -0.15) is 0 Å². The molecule has 2 N–H and O–H groups in total. The maximum Gasteiger partial charge on any atom is 0.184 e. The standard InChI is InChI=1S/C12H14N2O2S2/c13-7-6-12-14-10(8-17-12)9-18(15,16)11-4-2-1-3-5-11/h1-5,8H,6-7,9,13H2. The smallest absolute Gasteiger partial charge is 0.184 e. The van der Waals surface area contributed by atoms with Gasteiger partial charge < -0.3 is 5.73 Å². The van der Waals surface area contributed by atoms with E-state index in [1.54, 1.807) is 35.7 Å². The molecule has 1 heterocycles. The van der Waals surface area contributed by atoms with Gasteiger partial charge in [0.25, 0.3) is 0 Å². The molecule has 4 nitrogen and oxygen atoms in total. The van der Waals surface area contributed by atoms with Crippen molar-refractivity contribution >= 4 is 21.2 Å². The molecule has 0 aliphatic carbocycles.